The summed E-state index contributed by atoms with van der Waals surface area (Å²) in [6.45, 7) is 0. The average molecular weight is 239 g/mol. The van der Waals surface area contributed by atoms with Crippen LogP contribution in [0.4, 0.5) is 0 Å². The van der Waals surface area contributed by atoms with Crippen LogP contribution in [0.3, 0.4) is 0 Å². The highest BCUT2D eigenvalue weighted by Gasteiger charge is 2.44. The van der Waals surface area contributed by atoms with E-state index in [-0.39, 0.29) is 0 Å². The van der Waals surface area contributed by atoms with Gasteiger partial charge in [-0.1, -0.05) is 30.3 Å². The van der Waals surface area contributed by atoms with E-state index < -0.39 is 29.6 Å². The molecule has 1 saturated heterocycles. The summed E-state index contributed by atoms with van der Waals surface area (Å²) < 4.78 is 0. The second-order valence-corrected chi connectivity index (χ2v) is 4.00. The summed E-state index contributed by atoms with van der Waals surface area (Å²) in [6, 6.07) is 12.4. The molecule has 0 bridgehead atoms. The molecule has 0 aromatic heterocycles. The molecule has 0 aliphatic carbocycles. The Morgan fingerprint density at radius 3 is 1.89 bits per heavy atom. The Kier molecular flexibility index (Phi) is 3.07. The van der Waals surface area contributed by atoms with E-state index in [1.165, 1.54) is 0 Å². The van der Waals surface area contributed by atoms with Crippen molar-refractivity contribution in [3.8, 4) is 12.1 Å². The number of nitriles is 2. The van der Waals surface area contributed by atoms with Gasteiger partial charge in [-0.2, -0.15) is 10.5 Å². The van der Waals surface area contributed by atoms with Crippen LogP contribution in [0.5, 0.6) is 0 Å². The molecule has 2 rings (SSSR count). The highest BCUT2D eigenvalue weighted by atomic mass is 16.2. The number of nitrogens with zero attached hydrogens (tertiary/aromatic N) is 2. The Bertz CT molecular complexity index is 536. The number of amides is 2. The van der Waals surface area contributed by atoms with Crippen molar-refractivity contribution in [2.75, 3.05) is 0 Å². The molecule has 1 aromatic carbocycles. The first-order valence-electron chi connectivity index (χ1n) is 5.38. The maximum absolute atomic E-state index is 11.6. The van der Waals surface area contributed by atoms with Crippen molar-refractivity contribution in [3.63, 3.8) is 0 Å². The van der Waals surface area contributed by atoms with Gasteiger partial charge < -0.3 is 0 Å². The van der Waals surface area contributed by atoms with E-state index >= 15 is 0 Å². The summed E-state index contributed by atoms with van der Waals surface area (Å²) >= 11 is 0. The van der Waals surface area contributed by atoms with Crippen LogP contribution in [0, 0.1) is 34.5 Å². The fourth-order valence-electron chi connectivity index (χ4n) is 2.13. The molecular weight excluding hydrogens is 230 g/mol. The maximum Gasteiger partial charge on any atom is 0.244 e. The SMILES string of the molecule is N#C[C@@H]1C(=O)NC(=O)[C@@H](C#N)C1c1ccccc1. The summed E-state index contributed by atoms with van der Waals surface area (Å²) in [6.07, 6.45) is 0. The Hall–Kier alpha value is -2.66. The zero-order valence-corrected chi connectivity index (χ0v) is 9.33. The third-order valence-electron chi connectivity index (χ3n) is 2.99. The van der Waals surface area contributed by atoms with Gasteiger partial charge >= 0.3 is 0 Å². The minimum absolute atomic E-state index is 0.636. The molecule has 0 radical (unpaired) electrons. The first-order valence-corrected chi connectivity index (χ1v) is 5.38. The van der Waals surface area contributed by atoms with Crippen LogP contribution in [-0.4, -0.2) is 11.8 Å². The summed E-state index contributed by atoms with van der Waals surface area (Å²) in [5, 5.41) is 20.2. The Morgan fingerprint density at radius 1 is 0.944 bits per heavy atom. The smallest absolute Gasteiger partial charge is 0.244 e. The number of nitrogens with one attached hydrogen (secondary N) is 1. The summed E-state index contributed by atoms with van der Waals surface area (Å²) in [4.78, 5) is 23.2. The van der Waals surface area contributed by atoms with Crippen molar-refractivity contribution in [1.29, 1.82) is 10.5 Å². The second-order valence-electron chi connectivity index (χ2n) is 4.00. The molecule has 18 heavy (non-hydrogen) atoms. The van der Waals surface area contributed by atoms with E-state index in [0.29, 0.717) is 5.56 Å². The van der Waals surface area contributed by atoms with Gasteiger partial charge in [-0.05, 0) is 5.56 Å². The number of imide groups is 1. The number of carbonyl (C=O) groups excluding carboxylic acids is 2. The molecule has 1 fully saturated rings. The Labute approximate surface area is 104 Å². The first-order chi connectivity index (χ1) is 8.69. The van der Waals surface area contributed by atoms with E-state index in [1.54, 1.807) is 30.3 Å². The highest BCUT2D eigenvalue weighted by Crippen LogP contribution is 2.35. The van der Waals surface area contributed by atoms with Crippen molar-refractivity contribution in [2.24, 2.45) is 11.8 Å². The quantitative estimate of drug-likeness (QED) is 0.730. The van der Waals surface area contributed by atoms with Gasteiger partial charge in [0, 0.05) is 5.92 Å². The van der Waals surface area contributed by atoms with Crippen LogP contribution < -0.4 is 5.32 Å². The van der Waals surface area contributed by atoms with Crippen LogP contribution in [-0.2, 0) is 9.59 Å². The number of hydrogen-bond donors (Lipinski definition) is 1. The molecule has 5 nitrogen and oxygen atoms in total. The van der Waals surface area contributed by atoms with Gasteiger partial charge in [0.05, 0.1) is 12.1 Å². The molecular formula is C13H9N3O2. The molecule has 1 N–H and O–H groups in total. The van der Waals surface area contributed by atoms with E-state index in [9.17, 15) is 9.59 Å². The minimum atomic E-state index is -1.02. The van der Waals surface area contributed by atoms with Crippen LogP contribution in [0.1, 0.15) is 11.5 Å². The predicted molar refractivity (Wildman–Crippen MR) is 60.5 cm³/mol. The van der Waals surface area contributed by atoms with Gasteiger partial charge in [0.2, 0.25) is 11.8 Å². The fourth-order valence-corrected chi connectivity index (χ4v) is 2.13. The van der Waals surface area contributed by atoms with Crippen LogP contribution in [0.15, 0.2) is 30.3 Å². The van der Waals surface area contributed by atoms with Crippen molar-refractivity contribution in [1.82, 2.24) is 5.32 Å². The van der Waals surface area contributed by atoms with Crippen molar-refractivity contribution < 1.29 is 9.59 Å². The predicted octanol–water partition coefficient (Wildman–Crippen LogP) is 0.706. The lowest BCUT2D eigenvalue weighted by molar-refractivity contribution is -0.137. The zero-order chi connectivity index (χ0) is 13.1. The lowest BCUT2D eigenvalue weighted by atomic mass is 9.74. The third kappa shape index (κ3) is 1.83. The molecule has 2 atom stereocenters. The van der Waals surface area contributed by atoms with Crippen LogP contribution >= 0.6 is 0 Å². The maximum atomic E-state index is 11.6. The van der Waals surface area contributed by atoms with Gasteiger partial charge in [-0.3, -0.25) is 14.9 Å². The van der Waals surface area contributed by atoms with Crippen molar-refractivity contribution in [2.45, 2.75) is 5.92 Å². The van der Waals surface area contributed by atoms with Gasteiger partial charge in [-0.25, -0.2) is 0 Å². The van der Waals surface area contributed by atoms with Gasteiger partial charge in [0.15, 0.2) is 0 Å². The van der Waals surface area contributed by atoms with Crippen molar-refractivity contribution >= 4 is 11.8 Å². The van der Waals surface area contributed by atoms with Crippen LogP contribution in [0.25, 0.3) is 0 Å². The Balaban J connectivity index is 2.50. The van der Waals surface area contributed by atoms with Gasteiger partial charge in [0.1, 0.15) is 11.8 Å². The molecule has 2 amide bonds. The van der Waals surface area contributed by atoms with Gasteiger partial charge in [0.25, 0.3) is 0 Å². The normalized spacial score (nSPS) is 23.9. The number of carbonyl (C=O) groups is 2. The summed E-state index contributed by atoms with van der Waals surface area (Å²) in [7, 11) is 0. The zero-order valence-electron chi connectivity index (χ0n) is 9.33. The van der Waals surface area contributed by atoms with Crippen molar-refractivity contribution in [3.05, 3.63) is 35.9 Å². The monoisotopic (exact) mass is 239 g/mol. The number of rotatable bonds is 1. The molecule has 5 heteroatoms. The molecule has 1 heterocycles. The molecule has 1 aromatic rings. The van der Waals surface area contributed by atoms with E-state index in [0.717, 1.165) is 0 Å². The molecule has 1 aliphatic rings. The first kappa shape index (κ1) is 11.8. The average Bonchev–Trinajstić information content (AvgIpc) is 2.39. The van der Waals surface area contributed by atoms with Crippen LogP contribution in [0.2, 0.25) is 0 Å². The van der Waals surface area contributed by atoms with E-state index in [4.69, 9.17) is 10.5 Å². The number of piperidine rings is 1. The third-order valence-corrected chi connectivity index (χ3v) is 2.99. The molecule has 88 valence electrons. The second kappa shape index (κ2) is 4.68. The molecule has 0 saturated carbocycles. The minimum Gasteiger partial charge on any atom is -0.294 e. The largest absolute Gasteiger partial charge is 0.294 e. The van der Waals surface area contributed by atoms with E-state index in [1.807, 2.05) is 12.1 Å². The lowest BCUT2D eigenvalue weighted by Crippen LogP contribution is -2.49. The Morgan fingerprint density at radius 2 is 1.44 bits per heavy atom. The number of hydrogen-bond acceptors (Lipinski definition) is 4. The van der Waals surface area contributed by atoms with Gasteiger partial charge in [-0.15, -0.1) is 0 Å². The topological polar surface area (TPSA) is 93.8 Å². The lowest BCUT2D eigenvalue weighted by Gasteiger charge is -2.29. The number of benzene rings is 1. The molecule has 1 aliphatic heterocycles. The molecule has 0 spiro atoms. The fraction of sp³-hybridized carbons (Fsp3) is 0.231. The molecule has 0 unspecified atom stereocenters. The standard InChI is InChI=1S/C13H9N3O2/c14-6-9-11(8-4-2-1-3-5-8)10(7-15)13(18)16-12(9)17/h1-5,9-11H,(H,16,17,18)/t9-,10-/m0/s1. The summed E-state index contributed by atoms with van der Waals surface area (Å²) in [5.41, 5.74) is 0.652. The summed E-state index contributed by atoms with van der Waals surface area (Å²) in [5.74, 6) is -4.02. The van der Waals surface area contributed by atoms with E-state index in [2.05, 4.69) is 5.32 Å². The highest BCUT2D eigenvalue weighted by molar-refractivity contribution is 6.03.